The summed E-state index contributed by atoms with van der Waals surface area (Å²) in [6, 6.07) is 0.222. The van der Waals surface area contributed by atoms with Gasteiger partial charge in [-0.1, -0.05) is 0 Å². The summed E-state index contributed by atoms with van der Waals surface area (Å²) in [6.45, 7) is 12.7. The quantitative estimate of drug-likeness (QED) is 0.645. The van der Waals surface area contributed by atoms with E-state index in [1.165, 1.54) is 0 Å². The topological polar surface area (TPSA) is 102 Å². The number of aliphatic hydroxyl groups is 1. The van der Waals surface area contributed by atoms with Crippen molar-refractivity contribution in [2.75, 3.05) is 13.6 Å². The molecule has 1 fully saturated rings. The molecule has 1 unspecified atom stereocenters. The number of piperidine rings is 1. The molecule has 1 saturated heterocycles. The maximum Gasteiger partial charge on any atom is 0.336 e. The Morgan fingerprint density at radius 1 is 0.931 bits per heavy atom. The number of aromatic nitrogens is 3. The van der Waals surface area contributed by atoms with Crippen LogP contribution in [-0.2, 0) is 19.6 Å². The van der Waals surface area contributed by atoms with Crippen LogP contribution in [0.4, 0.5) is 0 Å². The third kappa shape index (κ3) is 4.73. The first kappa shape index (κ1) is 23.6. The highest BCUT2D eigenvalue weighted by atomic mass is 16.3. The van der Waals surface area contributed by atoms with Gasteiger partial charge >= 0.3 is 17.1 Å². The van der Waals surface area contributed by atoms with Gasteiger partial charge in [0.2, 0.25) is 0 Å². The summed E-state index contributed by atoms with van der Waals surface area (Å²) < 4.78 is 3.00. The van der Waals surface area contributed by atoms with Gasteiger partial charge in [0.15, 0.2) is 0 Å². The molecule has 2 rings (SSSR count). The summed E-state index contributed by atoms with van der Waals surface area (Å²) in [7, 11) is 2.14. The van der Waals surface area contributed by atoms with E-state index in [2.05, 4.69) is 45.0 Å². The summed E-state index contributed by atoms with van der Waals surface area (Å²) in [5.74, 6) is 0. The SMILES string of the molecule is CCn1c(=O)n(CC)c(=O)n(CC(O)CNC2CC(C)(C)N(C)C(C)(C)C2)c1=O. The largest absolute Gasteiger partial charge is 0.390 e. The van der Waals surface area contributed by atoms with E-state index in [9.17, 15) is 19.5 Å². The van der Waals surface area contributed by atoms with Crippen molar-refractivity contribution in [1.29, 1.82) is 0 Å². The minimum Gasteiger partial charge on any atom is -0.390 e. The molecular formula is C20H37N5O4. The Kier molecular flexibility index (Phi) is 6.97. The predicted octanol–water partition coefficient (Wildman–Crippen LogP) is -0.187. The highest BCUT2D eigenvalue weighted by molar-refractivity contribution is 5.00. The van der Waals surface area contributed by atoms with Crippen LogP contribution in [0, 0.1) is 0 Å². The molecule has 1 aromatic rings. The third-order valence-corrected chi connectivity index (χ3v) is 6.36. The second-order valence-corrected chi connectivity index (χ2v) is 9.30. The van der Waals surface area contributed by atoms with Crippen molar-refractivity contribution in [2.24, 2.45) is 0 Å². The molecule has 1 atom stereocenters. The van der Waals surface area contributed by atoms with E-state index >= 15 is 0 Å². The van der Waals surface area contributed by atoms with Gasteiger partial charge in [0, 0.05) is 36.8 Å². The van der Waals surface area contributed by atoms with Crippen LogP contribution < -0.4 is 22.4 Å². The van der Waals surface area contributed by atoms with Gasteiger partial charge in [-0.15, -0.1) is 0 Å². The first-order valence-electron chi connectivity index (χ1n) is 10.5. The van der Waals surface area contributed by atoms with Crippen molar-refractivity contribution in [3.63, 3.8) is 0 Å². The number of hydrogen-bond donors (Lipinski definition) is 2. The second-order valence-electron chi connectivity index (χ2n) is 9.30. The number of likely N-dealkylation sites (tertiary alicyclic amines) is 1. The van der Waals surface area contributed by atoms with E-state index in [1.54, 1.807) is 13.8 Å². The first-order chi connectivity index (χ1) is 13.4. The van der Waals surface area contributed by atoms with Gasteiger partial charge in [-0.25, -0.2) is 28.1 Å². The number of rotatable bonds is 7. The zero-order valence-corrected chi connectivity index (χ0v) is 18.9. The third-order valence-electron chi connectivity index (χ3n) is 6.36. The molecule has 2 heterocycles. The van der Waals surface area contributed by atoms with Crippen molar-refractivity contribution in [2.45, 2.75) is 97.2 Å². The highest BCUT2D eigenvalue weighted by Gasteiger charge is 2.42. The van der Waals surface area contributed by atoms with Crippen LogP contribution in [0.3, 0.4) is 0 Å². The molecule has 1 aromatic heterocycles. The number of aliphatic hydroxyl groups excluding tert-OH is 1. The first-order valence-corrected chi connectivity index (χ1v) is 10.5. The van der Waals surface area contributed by atoms with Crippen LogP contribution in [0.1, 0.15) is 54.4 Å². The van der Waals surface area contributed by atoms with Crippen molar-refractivity contribution in [3.8, 4) is 0 Å². The van der Waals surface area contributed by atoms with Gasteiger partial charge in [-0.3, -0.25) is 4.90 Å². The molecule has 166 valence electrons. The second kappa shape index (κ2) is 8.57. The molecule has 0 radical (unpaired) electrons. The fourth-order valence-electron chi connectivity index (χ4n) is 4.47. The molecule has 1 aliphatic heterocycles. The van der Waals surface area contributed by atoms with Gasteiger partial charge in [0.05, 0.1) is 12.6 Å². The van der Waals surface area contributed by atoms with Gasteiger partial charge in [-0.05, 0) is 61.4 Å². The number of hydrogen-bond acceptors (Lipinski definition) is 6. The average Bonchev–Trinajstić information content (AvgIpc) is 2.62. The Labute approximate surface area is 172 Å². The van der Waals surface area contributed by atoms with E-state index in [1.807, 2.05) is 0 Å². The van der Waals surface area contributed by atoms with E-state index in [0.717, 1.165) is 26.5 Å². The van der Waals surface area contributed by atoms with E-state index in [-0.39, 0.29) is 43.3 Å². The zero-order chi connectivity index (χ0) is 22.1. The normalized spacial score (nSPS) is 20.7. The van der Waals surface area contributed by atoms with Crippen LogP contribution in [0.2, 0.25) is 0 Å². The van der Waals surface area contributed by atoms with Crippen molar-refractivity contribution in [1.82, 2.24) is 23.9 Å². The molecule has 0 saturated carbocycles. The summed E-state index contributed by atoms with van der Waals surface area (Å²) in [5, 5.41) is 13.9. The minimum absolute atomic E-state index is 0.0206. The molecular weight excluding hydrogens is 374 g/mol. The van der Waals surface area contributed by atoms with Crippen LogP contribution >= 0.6 is 0 Å². The molecule has 1 aliphatic rings. The Balaban J connectivity index is 2.15. The van der Waals surface area contributed by atoms with Crippen molar-refractivity contribution < 1.29 is 5.11 Å². The summed E-state index contributed by atoms with van der Waals surface area (Å²) in [4.78, 5) is 39.7. The van der Waals surface area contributed by atoms with E-state index in [0.29, 0.717) is 0 Å². The number of nitrogens with one attached hydrogen (secondary N) is 1. The summed E-state index contributed by atoms with van der Waals surface area (Å²) in [5.41, 5.74) is -1.91. The van der Waals surface area contributed by atoms with Crippen LogP contribution in [-0.4, -0.2) is 60.5 Å². The molecule has 0 bridgehead atoms. The van der Waals surface area contributed by atoms with Gasteiger partial charge < -0.3 is 10.4 Å². The van der Waals surface area contributed by atoms with Gasteiger partial charge in [0.25, 0.3) is 0 Å². The summed E-state index contributed by atoms with van der Waals surface area (Å²) in [6.07, 6.45) is 0.950. The Morgan fingerprint density at radius 3 is 1.76 bits per heavy atom. The Morgan fingerprint density at radius 2 is 1.34 bits per heavy atom. The summed E-state index contributed by atoms with van der Waals surface area (Å²) >= 11 is 0. The lowest BCUT2D eigenvalue weighted by atomic mass is 9.77. The predicted molar refractivity (Wildman–Crippen MR) is 114 cm³/mol. The van der Waals surface area contributed by atoms with E-state index < -0.39 is 23.2 Å². The average molecular weight is 412 g/mol. The van der Waals surface area contributed by atoms with E-state index in [4.69, 9.17) is 0 Å². The lowest BCUT2D eigenvalue weighted by molar-refractivity contribution is -0.0203. The fourth-order valence-corrected chi connectivity index (χ4v) is 4.47. The van der Waals surface area contributed by atoms with Gasteiger partial charge in [0.1, 0.15) is 0 Å². The number of nitrogens with zero attached hydrogens (tertiary/aromatic N) is 4. The molecule has 0 aromatic carbocycles. The molecule has 0 spiro atoms. The monoisotopic (exact) mass is 411 g/mol. The lowest BCUT2D eigenvalue weighted by Gasteiger charge is -2.54. The molecule has 9 nitrogen and oxygen atoms in total. The Bertz CT molecular complexity index is 835. The van der Waals surface area contributed by atoms with Crippen molar-refractivity contribution >= 4 is 0 Å². The molecule has 0 aliphatic carbocycles. The fraction of sp³-hybridized carbons (Fsp3) is 0.850. The molecule has 29 heavy (non-hydrogen) atoms. The van der Waals surface area contributed by atoms with Crippen molar-refractivity contribution in [3.05, 3.63) is 31.5 Å². The van der Waals surface area contributed by atoms with Gasteiger partial charge in [-0.2, -0.15) is 0 Å². The maximum atomic E-state index is 12.5. The van der Waals surface area contributed by atoms with Crippen LogP contribution in [0.25, 0.3) is 0 Å². The minimum atomic E-state index is -0.917. The zero-order valence-electron chi connectivity index (χ0n) is 18.9. The van der Waals surface area contributed by atoms with Crippen LogP contribution in [0.15, 0.2) is 14.4 Å². The lowest BCUT2D eigenvalue weighted by Crippen LogP contribution is -2.62. The smallest absolute Gasteiger partial charge is 0.336 e. The Hall–Kier alpha value is -1.71. The molecule has 2 N–H and O–H groups in total. The van der Waals surface area contributed by atoms with Crippen LogP contribution in [0.5, 0.6) is 0 Å². The highest BCUT2D eigenvalue weighted by Crippen LogP contribution is 2.36. The maximum absolute atomic E-state index is 12.5. The molecule has 9 heteroatoms. The standard InChI is InChI=1S/C20H37N5O4/c1-8-23-16(27)24(9-2)18(29)25(17(23)28)13-15(26)12-21-14-10-19(3,4)22(7)20(5,6)11-14/h14-15,21,26H,8-13H2,1-7H3. The molecule has 0 amide bonds.